The van der Waals surface area contributed by atoms with Crippen LogP contribution in [0.5, 0.6) is 0 Å². The third kappa shape index (κ3) is 13.9. The van der Waals surface area contributed by atoms with Gasteiger partial charge < -0.3 is 37.0 Å². The van der Waals surface area contributed by atoms with Crippen molar-refractivity contribution < 1.29 is 53.5 Å². The first kappa shape index (κ1) is 39.9. The van der Waals surface area contributed by atoms with Crippen molar-refractivity contribution in [3.63, 3.8) is 0 Å². The number of ketones is 1. The van der Waals surface area contributed by atoms with Gasteiger partial charge in [-0.1, -0.05) is 12.1 Å². The average Bonchev–Trinajstić information content (AvgIpc) is 2.97. The van der Waals surface area contributed by atoms with Gasteiger partial charge in [0.2, 0.25) is 0 Å². The van der Waals surface area contributed by atoms with E-state index in [1.54, 1.807) is 13.0 Å². The van der Waals surface area contributed by atoms with E-state index in [2.05, 4.69) is 35.8 Å². The van der Waals surface area contributed by atoms with Crippen LogP contribution in [0.25, 0.3) is 0 Å². The molecule has 1 unspecified atom stereocenters. The van der Waals surface area contributed by atoms with E-state index in [0.717, 1.165) is 44.1 Å². The number of Topliss-reactive ketones (excluding diaryl/α,β-unsaturated/α-hetero) is 1. The molecule has 0 spiro atoms. The fourth-order valence-corrected chi connectivity index (χ4v) is 4.30. The fraction of sp³-hybridized carbons (Fsp3) is 0.433. The highest BCUT2D eigenvalue weighted by Crippen LogP contribution is 2.35. The van der Waals surface area contributed by atoms with Gasteiger partial charge in [-0.25, -0.2) is 9.18 Å². The zero-order valence-corrected chi connectivity index (χ0v) is 25.7. The number of benzene rings is 2. The van der Waals surface area contributed by atoms with Crippen molar-refractivity contribution >= 4 is 24.8 Å². The predicted molar refractivity (Wildman–Crippen MR) is 158 cm³/mol. The van der Waals surface area contributed by atoms with E-state index in [-0.39, 0.29) is 41.2 Å². The number of carbonyl (C=O) groups excluding carboxylic acids is 2. The number of carbonyl (C=O) groups is 2. The molecule has 0 fully saturated rings. The van der Waals surface area contributed by atoms with Crippen LogP contribution in [0.15, 0.2) is 53.8 Å². The zero-order valence-electron chi connectivity index (χ0n) is 25.7. The molecule has 2 aromatic rings. The monoisotopic (exact) mass is 665 g/mol. The summed E-state index contributed by atoms with van der Waals surface area (Å²) in [5.74, 6) is -0.861. The van der Waals surface area contributed by atoms with Gasteiger partial charge in [0.1, 0.15) is 31.4 Å². The Morgan fingerprint density at radius 2 is 1.63 bits per heavy atom. The molecular formula is C30H36BF8N3O4. The van der Waals surface area contributed by atoms with Gasteiger partial charge in [0.15, 0.2) is 5.78 Å². The molecule has 0 radical (unpaired) electrons. The van der Waals surface area contributed by atoms with Crippen molar-refractivity contribution in [3.05, 3.63) is 76.3 Å². The number of nitrogens with one attached hydrogen (secondary N) is 2. The van der Waals surface area contributed by atoms with Crippen LogP contribution in [0.2, 0.25) is 0 Å². The van der Waals surface area contributed by atoms with Gasteiger partial charge in [0.05, 0.1) is 35.4 Å². The Morgan fingerprint density at radius 1 is 1.02 bits per heavy atom. The molecule has 0 aliphatic heterocycles. The summed E-state index contributed by atoms with van der Waals surface area (Å²) in [6.07, 6.45) is -3.51. The lowest BCUT2D eigenvalue weighted by Crippen LogP contribution is -2.37. The number of nitrogens with zero attached hydrogens (tertiary/aromatic N) is 1. The molecule has 46 heavy (non-hydrogen) atoms. The third-order valence-corrected chi connectivity index (χ3v) is 6.40. The number of halogens is 8. The van der Waals surface area contributed by atoms with Gasteiger partial charge in [0.25, 0.3) is 0 Å². The van der Waals surface area contributed by atoms with Crippen LogP contribution in [0.1, 0.15) is 69.7 Å². The minimum Gasteiger partial charge on any atom is -0.498 e. The summed E-state index contributed by atoms with van der Waals surface area (Å²) in [7, 11) is -6.00. The summed E-state index contributed by atoms with van der Waals surface area (Å²) in [5.41, 5.74) is -1.07. The SMILES string of the molecule is CCOC1=C(C(NC(=O)Nc2cccc(C(F)(F)F)c2)c2ccc(C#N)cc2F)C(=O)CCC1.CC[O+](CC)CC.F[B-](F)(F)F. The van der Waals surface area contributed by atoms with E-state index in [0.29, 0.717) is 18.6 Å². The highest BCUT2D eigenvalue weighted by molar-refractivity contribution is 6.50. The third-order valence-electron chi connectivity index (χ3n) is 6.40. The first-order chi connectivity index (χ1) is 21.5. The topological polar surface area (TPSA) is 93.9 Å². The molecule has 1 atom stereocenters. The lowest BCUT2D eigenvalue weighted by atomic mass is 9.87. The van der Waals surface area contributed by atoms with E-state index >= 15 is 0 Å². The second-order valence-electron chi connectivity index (χ2n) is 9.48. The van der Waals surface area contributed by atoms with Crippen LogP contribution < -0.4 is 10.6 Å². The number of amides is 2. The molecule has 1 aliphatic rings. The van der Waals surface area contributed by atoms with Crippen molar-refractivity contribution in [2.24, 2.45) is 0 Å². The Labute approximate surface area is 262 Å². The number of hydrogen-bond donors (Lipinski definition) is 2. The zero-order chi connectivity index (χ0) is 35.1. The molecule has 0 saturated carbocycles. The summed E-state index contributed by atoms with van der Waals surface area (Å²) < 4.78 is 102. The lowest BCUT2D eigenvalue weighted by Gasteiger charge is -2.27. The number of allylic oxidation sites excluding steroid dienone is 1. The van der Waals surface area contributed by atoms with Crippen LogP contribution in [0.4, 0.5) is 45.3 Å². The minimum absolute atomic E-state index is 0.0439. The molecule has 7 nitrogen and oxygen atoms in total. The number of rotatable bonds is 9. The lowest BCUT2D eigenvalue weighted by molar-refractivity contribution is -0.137. The summed E-state index contributed by atoms with van der Waals surface area (Å²) >= 11 is 0. The Hall–Kier alpha value is -4.13. The first-order valence-electron chi connectivity index (χ1n) is 14.3. The summed E-state index contributed by atoms with van der Waals surface area (Å²) in [6.45, 7) is 11.7. The summed E-state index contributed by atoms with van der Waals surface area (Å²) in [5, 5.41) is 13.8. The molecule has 254 valence electrons. The first-order valence-corrected chi connectivity index (χ1v) is 14.3. The van der Waals surface area contributed by atoms with Crippen LogP contribution in [-0.4, -0.2) is 45.5 Å². The maximum atomic E-state index is 14.9. The summed E-state index contributed by atoms with van der Waals surface area (Å²) in [4.78, 5) is 25.6. The van der Waals surface area contributed by atoms with Crippen molar-refractivity contribution in [2.75, 3.05) is 31.7 Å². The van der Waals surface area contributed by atoms with Gasteiger partial charge in [0, 0.05) is 44.9 Å². The van der Waals surface area contributed by atoms with Crippen molar-refractivity contribution in [2.45, 2.75) is 59.2 Å². The van der Waals surface area contributed by atoms with E-state index < -0.39 is 36.9 Å². The molecule has 2 amide bonds. The molecule has 1 aliphatic carbocycles. The molecule has 3 rings (SSSR count). The maximum absolute atomic E-state index is 14.9. The highest BCUT2D eigenvalue weighted by Gasteiger charge is 2.34. The van der Waals surface area contributed by atoms with Crippen molar-refractivity contribution in [3.8, 4) is 6.07 Å². The normalized spacial score (nSPS) is 13.9. The molecule has 16 heteroatoms. The van der Waals surface area contributed by atoms with Gasteiger partial charge in [-0.05, 0) is 43.7 Å². The van der Waals surface area contributed by atoms with Crippen LogP contribution in [0.3, 0.4) is 0 Å². The fourth-order valence-electron chi connectivity index (χ4n) is 4.30. The highest BCUT2D eigenvalue weighted by atomic mass is 19.5. The van der Waals surface area contributed by atoms with Crippen LogP contribution >= 0.6 is 0 Å². The van der Waals surface area contributed by atoms with Gasteiger partial charge in [-0.15, -0.1) is 0 Å². The van der Waals surface area contributed by atoms with Gasteiger partial charge in [-0.2, -0.15) is 18.4 Å². The molecular weight excluding hydrogens is 629 g/mol. The molecule has 0 heterocycles. The number of nitriles is 1. The van der Waals surface area contributed by atoms with Crippen molar-refractivity contribution in [1.82, 2.24) is 5.32 Å². The van der Waals surface area contributed by atoms with Crippen LogP contribution in [-0.2, 0) is 20.1 Å². The van der Waals surface area contributed by atoms with Crippen molar-refractivity contribution in [1.29, 1.82) is 5.26 Å². The van der Waals surface area contributed by atoms with Crippen LogP contribution in [0, 0.1) is 17.1 Å². The van der Waals surface area contributed by atoms with Gasteiger partial charge in [-0.3, -0.25) is 4.79 Å². The number of urea groups is 1. The molecule has 2 aromatic carbocycles. The summed E-state index contributed by atoms with van der Waals surface area (Å²) in [6, 6.07) is 7.19. The van der Waals surface area contributed by atoms with E-state index in [4.69, 9.17) is 10.00 Å². The minimum atomic E-state index is -6.00. The number of anilines is 1. The number of alkyl halides is 3. The molecule has 0 bridgehead atoms. The number of ether oxygens (including phenoxy) is 1. The van der Waals surface area contributed by atoms with E-state index in [1.165, 1.54) is 18.2 Å². The Morgan fingerprint density at radius 3 is 2.11 bits per heavy atom. The average molecular weight is 665 g/mol. The second kappa shape index (κ2) is 18.7. The molecule has 0 saturated heterocycles. The van der Waals surface area contributed by atoms with E-state index in [9.17, 15) is 44.4 Å². The largest absolute Gasteiger partial charge is 0.673 e. The maximum Gasteiger partial charge on any atom is 0.673 e. The second-order valence-corrected chi connectivity index (χ2v) is 9.48. The quantitative estimate of drug-likeness (QED) is 0.160. The Kier molecular flexibility index (Phi) is 16.3. The molecule has 2 N–H and O–H groups in total. The predicted octanol–water partition coefficient (Wildman–Crippen LogP) is 8.52. The molecule has 0 aromatic heterocycles. The van der Waals surface area contributed by atoms with Gasteiger partial charge >= 0.3 is 19.5 Å². The Balaban J connectivity index is 0.000000748. The number of hydrogen-bond acceptors (Lipinski definition) is 4. The Bertz CT molecular complexity index is 1360. The standard InChI is InChI=1S/C24H21F4N3O3.C6H15O.BF4/c1-2-34-20-8-4-7-19(32)21(20)22(17-10-9-14(13-29)11-18(17)25)31-23(33)30-16-6-3-5-15(12-16)24(26,27)28;1-4-7(5-2)6-3;2-1(3,4)5/h3,5-6,9-12,22H,2,4,7-8H2,1H3,(H2,30,31,33);4-6H2,1-3H3;/q;+1;-1. The smallest absolute Gasteiger partial charge is 0.498 e. The van der Waals surface area contributed by atoms with E-state index in [1.807, 2.05) is 0 Å².